The van der Waals surface area contributed by atoms with Gasteiger partial charge in [0.2, 0.25) is 5.91 Å². The molecule has 1 aliphatic rings. The first-order valence-corrected chi connectivity index (χ1v) is 6.62. The smallest absolute Gasteiger partial charge is 0.337 e. The summed E-state index contributed by atoms with van der Waals surface area (Å²) in [5.74, 6) is -1.34. The number of nitrogens with one attached hydrogen (secondary N) is 2. The van der Waals surface area contributed by atoms with E-state index in [9.17, 15) is 14.7 Å². The zero-order valence-corrected chi connectivity index (χ0v) is 11.8. The highest BCUT2D eigenvalue weighted by atomic mass is 16.4. The van der Waals surface area contributed by atoms with Crippen molar-refractivity contribution in [2.45, 2.75) is 39.2 Å². The van der Waals surface area contributed by atoms with Crippen LogP contribution in [0.3, 0.4) is 0 Å². The van der Waals surface area contributed by atoms with Crippen LogP contribution < -0.4 is 10.6 Å². The molecule has 0 aromatic carbocycles. The molecular formula is C13H24N2O4. The third-order valence-electron chi connectivity index (χ3n) is 3.96. The van der Waals surface area contributed by atoms with Gasteiger partial charge in [0.05, 0.1) is 6.54 Å². The number of carboxylic acids is 1. The third kappa shape index (κ3) is 3.91. The van der Waals surface area contributed by atoms with Gasteiger partial charge in [0.15, 0.2) is 5.60 Å². The predicted molar refractivity (Wildman–Crippen MR) is 70.6 cm³/mol. The van der Waals surface area contributed by atoms with Crippen LogP contribution in [0.2, 0.25) is 0 Å². The molecule has 6 nitrogen and oxygen atoms in total. The maximum atomic E-state index is 12.2. The molecule has 6 heteroatoms. The molecule has 1 saturated heterocycles. The van der Waals surface area contributed by atoms with Crippen molar-refractivity contribution in [2.24, 2.45) is 11.3 Å². The van der Waals surface area contributed by atoms with Gasteiger partial charge >= 0.3 is 5.97 Å². The molecule has 2 unspecified atom stereocenters. The SMILES string of the molecule is CC(O)(CNC(=O)C(C)(C)C1CCCNC1)C(=O)O. The van der Waals surface area contributed by atoms with Crippen LogP contribution in [-0.2, 0) is 9.59 Å². The quantitative estimate of drug-likeness (QED) is 0.563. The molecule has 1 aliphatic heterocycles. The van der Waals surface area contributed by atoms with Crippen LogP contribution in [0.4, 0.5) is 0 Å². The molecule has 1 amide bonds. The van der Waals surface area contributed by atoms with Gasteiger partial charge in [-0.1, -0.05) is 13.8 Å². The van der Waals surface area contributed by atoms with Crippen molar-refractivity contribution in [3.8, 4) is 0 Å². The van der Waals surface area contributed by atoms with Crippen molar-refractivity contribution < 1.29 is 19.8 Å². The van der Waals surface area contributed by atoms with Crippen LogP contribution in [0.5, 0.6) is 0 Å². The normalized spacial score (nSPS) is 23.5. The molecule has 0 aromatic heterocycles. The van der Waals surface area contributed by atoms with E-state index in [-0.39, 0.29) is 18.4 Å². The lowest BCUT2D eigenvalue weighted by Gasteiger charge is -2.36. The maximum Gasteiger partial charge on any atom is 0.337 e. The van der Waals surface area contributed by atoms with E-state index in [1.807, 2.05) is 13.8 Å². The highest BCUT2D eigenvalue weighted by Crippen LogP contribution is 2.31. The summed E-state index contributed by atoms with van der Waals surface area (Å²) in [6.45, 7) is 6.36. The molecule has 0 radical (unpaired) electrons. The Balaban J connectivity index is 2.58. The van der Waals surface area contributed by atoms with Crippen LogP contribution in [0.15, 0.2) is 0 Å². The Bertz CT molecular complexity index is 347. The van der Waals surface area contributed by atoms with Gasteiger partial charge in [-0.25, -0.2) is 4.79 Å². The van der Waals surface area contributed by atoms with Crippen molar-refractivity contribution in [1.82, 2.24) is 10.6 Å². The topological polar surface area (TPSA) is 98.7 Å². The highest BCUT2D eigenvalue weighted by Gasteiger charge is 2.39. The van der Waals surface area contributed by atoms with Crippen LogP contribution in [-0.4, -0.2) is 47.3 Å². The minimum absolute atomic E-state index is 0.219. The Morgan fingerprint density at radius 2 is 2.00 bits per heavy atom. The van der Waals surface area contributed by atoms with Crippen molar-refractivity contribution in [2.75, 3.05) is 19.6 Å². The Morgan fingerprint density at radius 3 is 2.47 bits per heavy atom. The van der Waals surface area contributed by atoms with Crippen LogP contribution in [0.1, 0.15) is 33.6 Å². The zero-order valence-electron chi connectivity index (χ0n) is 11.8. The molecule has 1 rings (SSSR count). The maximum absolute atomic E-state index is 12.2. The molecule has 2 atom stereocenters. The van der Waals surface area contributed by atoms with Gasteiger partial charge in [-0.15, -0.1) is 0 Å². The largest absolute Gasteiger partial charge is 0.479 e. The molecule has 0 saturated carbocycles. The first kappa shape index (κ1) is 15.9. The fourth-order valence-corrected chi connectivity index (χ4v) is 2.21. The summed E-state index contributed by atoms with van der Waals surface area (Å²) >= 11 is 0. The van der Waals surface area contributed by atoms with Crippen molar-refractivity contribution in [3.05, 3.63) is 0 Å². The average molecular weight is 272 g/mol. The van der Waals surface area contributed by atoms with E-state index < -0.39 is 17.0 Å². The molecular weight excluding hydrogens is 248 g/mol. The number of piperidine rings is 1. The summed E-state index contributed by atoms with van der Waals surface area (Å²) in [5, 5.41) is 24.2. The van der Waals surface area contributed by atoms with E-state index in [4.69, 9.17) is 5.11 Å². The van der Waals surface area contributed by atoms with Crippen molar-refractivity contribution in [1.29, 1.82) is 0 Å². The monoisotopic (exact) mass is 272 g/mol. The molecule has 1 fully saturated rings. The van der Waals surface area contributed by atoms with Gasteiger partial charge in [-0.3, -0.25) is 4.79 Å². The number of carbonyl (C=O) groups excluding carboxylic acids is 1. The van der Waals surface area contributed by atoms with Gasteiger partial charge in [0.25, 0.3) is 0 Å². The van der Waals surface area contributed by atoms with E-state index in [1.165, 1.54) is 6.92 Å². The lowest BCUT2D eigenvalue weighted by molar-refractivity contribution is -0.156. The molecule has 4 N–H and O–H groups in total. The standard InChI is InChI=1S/C13H24N2O4/c1-12(2,9-5-4-6-14-7-9)10(16)15-8-13(3,19)11(17)18/h9,14,19H,4-8H2,1-3H3,(H,15,16)(H,17,18). The summed E-state index contributed by atoms with van der Waals surface area (Å²) in [6.07, 6.45) is 2.01. The number of carboxylic acid groups (broad SMARTS) is 1. The Hall–Kier alpha value is -1.14. The summed E-state index contributed by atoms with van der Waals surface area (Å²) in [5.41, 5.74) is -2.52. The van der Waals surface area contributed by atoms with Gasteiger partial charge in [-0.05, 0) is 38.8 Å². The number of amides is 1. The number of hydrogen-bond acceptors (Lipinski definition) is 4. The molecule has 0 aliphatic carbocycles. The number of aliphatic hydroxyl groups is 1. The molecule has 19 heavy (non-hydrogen) atoms. The fourth-order valence-electron chi connectivity index (χ4n) is 2.21. The van der Waals surface area contributed by atoms with E-state index in [2.05, 4.69) is 10.6 Å². The molecule has 0 bridgehead atoms. The van der Waals surface area contributed by atoms with Gasteiger partial charge in [0, 0.05) is 5.41 Å². The second-order valence-electron chi connectivity index (χ2n) is 6.03. The Morgan fingerprint density at radius 1 is 1.37 bits per heavy atom. The predicted octanol–water partition coefficient (Wildman–Crippen LogP) is -0.0360. The minimum Gasteiger partial charge on any atom is -0.479 e. The number of hydrogen-bond donors (Lipinski definition) is 4. The van der Waals surface area contributed by atoms with Crippen LogP contribution in [0.25, 0.3) is 0 Å². The number of aliphatic carboxylic acids is 1. The number of rotatable bonds is 5. The number of carbonyl (C=O) groups is 2. The van der Waals surface area contributed by atoms with E-state index in [1.54, 1.807) is 0 Å². The van der Waals surface area contributed by atoms with Gasteiger partial charge in [0.1, 0.15) is 0 Å². The Labute approximate surface area is 113 Å². The van der Waals surface area contributed by atoms with E-state index in [0.717, 1.165) is 25.9 Å². The van der Waals surface area contributed by atoms with Crippen molar-refractivity contribution in [3.63, 3.8) is 0 Å². The lowest BCUT2D eigenvalue weighted by Crippen LogP contribution is -2.52. The first-order chi connectivity index (χ1) is 8.68. The Kier molecular flexibility index (Phi) is 4.92. The van der Waals surface area contributed by atoms with E-state index in [0.29, 0.717) is 0 Å². The van der Waals surface area contributed by atoms with Gasteiger partial charge in [-0.2, -0.15) is 0 Å². The summed E-state index contributed by atoms with van der Waals surface area (Å²) in [7, 11) is 0. The van der Waals surface area contributed by atoms with Crippen LogP contribution >= 0.6 is 0 Å². The lowest BCUT2D eigenvalue weighted by atomic mass is 9.74. The molecule has 110 valence electrons. The second-order valence-corrected chi connectivity index (χ2v) is 6.03. The first-order valence-electron chi connectivity index (χ1n) is 6.62. The third-order valence-corrected chi connectivity index (χ3v) is 3.96. The second kappa shape index (κ2) is 5.88. The molecule has 0 aromatic rings. The van der Waals surface area contributed by atoms with Crippen molar-refractivity contribution >= 4 is 11.9 Å². The fraction of sp³-hybridized carbons (Fsp3) is 0.846. The highest BCUT2D eigenvalue weighted by molar-refractivity contribution is 5.84. The molecule has 0 spiro atoms. The van der Waals surface area contributed by atoms with Gasteiger partial charge < -0.3 is 20.8 Å². The average Bonchev–Trinajstić information content (AvgIpc) is 2.36. The minimum atomic E-state index is -1.93. The molecule has 1 heterocycles. The van der Waals surface area contributed by atoms with E-state index >= 15 is 0 Å². The zero-order chi connectivity index (χ0) is 14.7. The summed E-state index contributed by atoms with van der Waals surface area (Å²) in [4.78, 5) is 23.0. The van der Waals surface area contributed by atoms with Crippen LogP contribution in [0, 0.1) is 11.3 Å². The summed E-state index contributed by atoms with van der Waals surface area (Å²) in [6, 6.07) is 0. The summed E-state index contributed by atoms with van der Waals surface area (Å²) < 4.78 is 0.